The molecule has 44 heavy (non-hydrogen) atoms. The zero-order valence-electron chi connectivity index (χ0n) is 24.0. The summed E-state index contributed by atoms with van der Waals surface area (Å²) in [5, 5.41) is 9.93. The summed E-state index contributed by atoms with van der Waals surface area (Å²) in [6.07, 6.45) is -0.167. The molecule has 2 heterocycles. The number of carboxylic acid groups (broad SMARTS) is 1. The number of carboxylic acids is 1. The number of carbonyl (C=O) groups is 1. The minimum absolute atomic E-state index is 0.0801. The highest BCUT2D eigenvalue weighted by atomic mass is 35.5. The second kappa shape index (κ2) is 11.4. The van der Waals surface area contributed by atoms with E-state index in [1.807, 2.05) is 0 Å². The van der Waals surface area contributed by atoms with E-state index in [-0.39, 0.29) is 23.1 Å². The third-order valence-corrected chi connectivity index (χ3v) is 7.85. The smallest absolute Gasteiger partial charge is 0.335 e. The molecule has 0 saturated heterocycles. The second-order valence-corrected chi connectivity index (χ2v) is 10.8. The molecule has 0 amide bonds. The fourth-order valence-electron chi connectivity index (χ4n) is 5.46. The third kappa shape index (κ3) is 5.20. The van der Waals surface area contributed by atoms with Crippen LogP contribution in [0.25, 0.3) is 22.2 Å². The summed E-state index contributed by atoms with van der Waals surface area (Å²) >= 11 is 6.14. The number of fused-ring (bicyclic) bond motifs is 2. The Labute approximate surface area is 256 Å². The van der Waals surface area contributed by atoms with Crippen LogP contribution in [-0.2, 0) is 23.5 Å². The van der Waals surface area contributed by atoms with E-state index in [0.29, 0.717) is 63.4 Å². The molecule has 1 N–H and O–H groups in total. The first-order valence-electron chi connectivity index (χ1n) is 13.7. The molecule has 0 aliphatic carbocycles. The number of benzene rings is 4. The van der Waals surface area contributed by atoms with Gasteiger partial charge in [0.25, 0.3) is 5.79 Å². The van der Waals surface area contributed by atoms with Gasteiger partial charge in [-0.25, -0.2) is 18.6 Å². The SMILES string of the molecule is COCCn1c(Cc2c(F)cc(-c3cccc4c3OC(C)(c3ccc(Cl)cc3OC)O4)cc2F)nc2ccc(C(=O)O)cc21. The van der Waals surface area contributed by atoms with Crippen molar-refractivity contribution in [2.45, 2.75) is 25.7 Å². The van der Waals surface area contributed by atoms with Crippen molar-refractivity contribution in [1.29, 1.82) is 0 Å². The van der Waals surface area contributed by atoms with Gasteiger partial charge in [0.2, 0.25) is 0 Å². The Morgan fingerprint density at radius 3 is 2.52 bits per heavy atom. The number of rotatable bonds is 9. The maximum absolute atomic E-state index is 15.7. The van der Waals surface area contributed by atoms with Gasteiger partial charge in [0.15, 0.2) is 11.5 Å². The Hall–Kier alpha value is -4.67. The van der Waals surface area contributed by atoms with Crippen LogP contribution < -0.4 is 14.2 Å². The standard InChI is InChI=1S/C33H27ClF2N2O6/c1-33(23-9-8-20(34)16-29(23)42-3)43-28-6-4-5-21(31(28)44-33)19-13-24(35)22(25(36)14-19)17-30-37-26-10-7-18(32(39)40)15-27(26)38(30)11-12-41-2/h4-10,13-16H,11-12,17H2,1-3H3,(H,39,40). The van der Waals surface area contributed by atoms with E-state index in [4.69, 9.17) is 30.5 Å². The summed E-state index contributed by atoms with van der Waals surface area (Å²) in [7, 11) is 3.04. The number of aromatic nitrogens is 2. The van der Waals surface area contributed by atoms with Gasteiger partial charge >= 0.3 is 5.97 Å². The number of methoxy groups -OCH3 is 2. The van der Waals surface area contributed by atoms with Crippen molar-refractivity contribution in [3.8, 4) is 28.4 Å². The molecule has 0 fully saturated rings. The minimum Gasteiger partial charge on any atom is -0.496 e. The molecular formula is C33H27ClF2N2O6. The Morgan fingerprint density at radius 2 is 1.82 bits per heavy atom. The van der Waals surface area contributed by atoms with E-state index in [2.05, 4.69) is 4.98 Å². The lowest BCUT2D eigenvalue weighted by Crippen LogP contribution is -2.32. The van der Waals surface area contributed by atoms with Crippen LogP contribution in [0.4, 0.5) is 8.78 Å². The summed E-state index contributed by atoms with van der Waals surface area (Å²) in [6.45, 7) is 2.33. The predicted molar refractivity (Wildman–Crippen MR) is 160 cm³/mol. The molecule has 0 radical (unpaired) electrons. The summed E-state index contributed by atoms with van der Waals surface area (Å²) < 4.78 is 56.4. The van der Waals surface area contributed by atoms with Crippen molar-refractivity contribution >= 4 is 28.6 Å². The van der Waals surface area contributed by atoms with Crippen LogP contribution in [0.15, 0.2) is 66.7 Å². The van der Waals surface area contributed by atoms with Crippen LogP contribution in [-0.4, -0.2) is 41.5 Å². The number of para-hydroxylation sites is 1. The topological polar surface area (TPSA) is 92.0 Å². The Balaban J connectivity index is 1.35. The first-order valence-corrected chi connectivity index (χ1v) is 14.0. The number of hydrogen-bond acceptors (Lipinski definition) is 6. The van der Waals surface area contributed by atoms with Crippen molar-refractivity contribution in [1.82, 2.24) is 9.55 Å². The molecule has 6 rings (SSSR count). The monoisotopic (exact) mass is 620 g/mol. The van der Waals surface area contributed by atoms with E-state index in [0.717, 1.165) is 0 Å². The predicted octanol–water partition coefficient (Wildman–Crippen LogP) is 7.22. The number of halogens is 3. The van der Waals surface area contributed by atoms with Gasteiger partial charge in [0.1, 0.15) is 23.2 Å². The lowest BCUT2D eigenvalue weighted by atomic mass is 10.00. The fourth-order valence-corrected chi connectivity index (χ4v) is 5.62. The number of imidazole rings is 1. The number of nitrogens with zero attached hydrogens (tertiary/aromatic N) is 2. The number of ether oxygens (including phenoxy) is 4. The van der Waals surface area contributed by atoms with E-state index >= 15 is 8.78 Å². The summed E-state index contributed by atoms with van der Waals surface area (Å²) in [4.78, 5) is 16.1. The van der Waals surface area contributed by atoms with Gasteiger partial charge in [-0.3, -0.25) is 0 Å². The summed E-state index contributed by atoms with van der Waals surface area (Å²) in [6, 6.07) is 17.2. The second-order valence-electron chi connectivity index (χ2n) is 10.4. The number of aromatic carboxylic acids is 1. The summed E-state index contributed by atoms with van der Waals surface area (Å²) in [5.41, 5.74) is 2.24. The quantitative estimate of drug-likeness (QED) is 0.186. The van der Waals surface area contributed by atoms with Crippen LogP contribution in [0.3, 0.4) is 0 Å². The molecule has 1 unspecified atom stereocenters. The van der Waals surface area contributed by atoms with Crippen molar-refractivity contribution < 1.29 is 37.6 Å². The first-order chi connectivity index (χ1) is 21.1. The van der Waals surface area contributed by atoms with Crippen LogP contribution >= 0.6 is 11.6 Å². The van der Waals surface area contributed by atoms with Gasteiger partial charge in [-0.15, -0.1) is 0 Å². The van der Waals surface area contributed by atoms with Gasteiger partial charge in [-0.1, -0.05) is 23.7 Å². The summed E-state index contributed by atoms with van der Waals surface area (Å²) in [5.74, 6) is -2.34. The van der Waals surface area contributed by atoms with E-state index in [1.165, 1.54) is 38.5 Å². The zero-order chi connectivity index (χ0) is 31.2. The van der Waals surface area contributed by atoms with Crippen LogP contribution in [0.5, 0.6) is 17.2 Å². The normalized spacial score (nSPS) is 15.6. The third-order valence-electron chi connectivity index (χ3n) is 7.61. The molecule has 5 aromatic rings. The first kappa shape index (κ1) is 29.4. The highest BCUT2D eigenvalue weighted by Crippen LogP contribution is 2.51. The van der Waals surface area contributed by atoms with Crippen molar-refractivity contribution in [2.24, 2.45) is 0 Å². The molecule has 0 spiro atoms. The molecule has 226 valence electrons. The van der Waals surface area contributed by atoms with Gasteiger partial charge in [0.05, 0.1) is 35.9 Å². The maximum atomic E-state index is 15.7. The largest absolute Gasteiger partial charge is 0.496 e. The van der Waals surface area contributed by atoms with Crippen molar-refractivity contribution in [3.05, 3.63) is 106 Å². The molecule has 1 atom stereocenters. The number of hydrogen-bond donors (Lipinski definition) is 1. The molecule has 4 aromatic carbocycles. The Bertz CT molecular complexity index is 1900. The molecule has 8 nitrogen and oxygen atoms in total. The van der Waals surface area contributed by atoms with Crippen LogP contribution in [0.1, 0.15) is 34.2 Å². The van der Waals surface area contributed by atoms with Crippen molar-refractivity contribution in [2.75, 3.05) is 20.8 Å². The van der Waals surface area contributed by atoms with Crippen LogP contribution in [0, 0.1) is 11.6 Å². The molecule has 0 bridgehead atoms. The van der Waals surface area contributed by atoms with E-state index in [1.54, 1.807) is 54.0 Å². The van der Waals surface area contributed by atoms with Crippen LogP contribution in [0.2, 0.25) is 5.02 Å². The lowest BCUT2D eigenvalue weighted by molar-refractivity contribution is -0.0693. The average Bonchev–Trinajstić information content (AvgIpc) is 3.53. The lowest BCUT2D eigenvalue weighted by Gasteiger charge is -2.25. The van der Waals surface area contributed by atoms with E-state index < -0.39 is 23.4 Å². The molecule has 11 heteroatoms. The fraction of sp³-hybridized carbons (Fsp3) is 0.212. The molecule has 1 aliphatic heterocycles. The molecule has 1 aliphatic rings. The molecule has 0 saturated carbocycles. The Morgan fingerprint density at radius 1 is 1.05 bits per heavy atom. The maximum Gasteiger partial charge on any atom is 0.335 e. The van der Waals surface area contributed by atoms with Gasteiger partial charge in [-0.2, -0.15) is 0 Å². The highest BCUT2D eigenvalue weighted by molar-refractivity contribution is 6.30. The van der Waals surface area contributed by atoms with Gasteiger partial charge < -0.3 is 28.6 Å². The van der Waals surface area contributed by atoms with Crippen molar-refractivity contribution in [3.63, 3.8) is 0 Å². The zero-order valence-corrected chi connectivity index (χ0v) is 24.7. The molecule has 1 aromatic heterocycles. The highest BCUT2D eigenvalue weighted by Gasteiger charge is 2.42. The molecular weight excluding hydrogens is 594 g/mol. The minimum atomic E-state index is -1.28. The average molecular weight is 621 g/mol. The Kier molecular flexibility index (Phi) is 7.65. The van der Waals surface area contributed by atoms with Gasteiger partial charge in [0, 0.05) is 43.1 Å². The van der Waals surface area contributed by atoms with E-state index in [9.17, 15) is 9.90 Å². The van der Waals surface area contributed by atoms with Gasteiger partial charge in [-0.05, 0) is 60.2 Å².